The lowest BCUT2D eigenvalue weighted by Gasteiger charge is -2.09. The van der Waals surface area contributed by atoms with Crippen molar-refractivity contribution in [3.63, 3.8) is 0 Å². The molecule has 0 aromatic heterocycles. The van der Waals surface area contributed by atoms with Crippen LogP contribution < -0.4 is 14.2 Å². The maximum Gasteiger partial charge on any atom is 0.339 e. The lowest BCUT2D eigenvalue weighted by Crippen LogP contribution is -2.14. The summed E-state index contributed by atoms with van der Waals surface area (Å²) in [7, 11) is -2.68. The van der Waals surface area contributed by atoms with Gasteiger partial charge in [0.2, 0.25) is 0 Å². The number of hydrogen-bond donors (Lipinski definition) is 1. The molecular formula is C23H17N3O7S. The molecule has 0 aliphatic heterocycles. The molecule has 0 unspecified atom stereocenters. The Bertz CT molecular complexity index is 1390. The number of non-ortho nitro benzene ring substituents is 1. The third kappa shape index (κ3) is 5.76. The maximum atomic E-state index is 12.6. The molecule has 0 atom stereocenters. The van der Waals surface area contributed by atoms with Crippen LogP contribution in [0.25, 0.3) is 6.08 Å². The topological polar surface area (TPSA) is 149 Å². The summed E-state index contributed by atoms with van der Waals surface area (Å²) in [5.74, 6) is -0.587. The number of benzene rings is 3. The lowest BCUT2D eigenvalue weighted by atomic mass is 10.1. The number of ether oxygens (including phenoxy) is 1. The van der Waals surface area contributed by atoms with E-state index in [0.29, 0.717) is 5.56 Å². The van der Waals surface area contributed by atoms with Gasteiger partial charge in [-0.05, 0) is 42.0 Å². The highest BCUT2D eigenvalue weighted by Crippen LogP contribution is 2.29. The fraction of sp³-hybridized carbons (Fsp3) is 0.0435. The summed E-state index contributed by atoms with van der Waals surface area (Å²) in [6.45, 7) is 0. The number of carbonyl (C=O) groups excluding carboxylic acids is 1. The van der Waals surface area contributed by atoms with E-state index in [1.807, 2.05) is 0 Å². The van der Waals surface area contributed by atoms with Gasteiger partial charge in [-0.25, -0.2) is 0 Å². The Balaban J connectivity index is 1.78. The second-order valence-corrected chi connectivity index (χ2v) is 8.23. The van der Waals surface area contributed by atoms with Crippen molar-refractivity contribution in [2.75, 3.05) is 12.4 Å². The van der Waals surface area contributed by atoms with E-state index < -0.39 is 20.9 Å². The van der Waals surface area contributed by atoms with Crippen molar-refractivity contribution < 1.29 is 27.1 Å². The van der Waals surface area contributed by atoms with E-state index in [-0.39, 0.29) is 33.3 Å². The SMILES string of the molecule is COc1ccc([N+](=O)[O-])cc1NC(=O)/C(C#N)=C/c1ccc(OS(=O)(=O)c2ccccc2)cc1. The zero-order valence-corrected chi connectivity index (χ0v) is 18.5. The van der Waals surface area contributed by atoms with Gasteiger partial charge in [0, 0.05) is 12.1 Å². The van der Waals surface area contributed by atoms with Crippen LogP contribution in [0.1, 0.15) is 5.56 Å². The first-order valence-corrected chi connectivity index (χ1v) is 11.0. The predicted octanol–water partition coefficient (Wildman–Crippen LogP) is 3.92. The summed E-state index contributed by atoms with van der Waals surface area (Å²) in [6, 6.07) is 18.7. The number of nitro groups is 1. The molecule has 34 heavy (non-hydrogen) atoms. The van der Waals surface area contributed by atoms with E-state index in [0.717, 1.165) is 6.07 Å². The van der Waals surface area contributed by atoms with Crippen molar-refractivity contribution in [1.82, 2.24) is 0 Å². The largest absolute Gasteiger partial charge is 0.495 e. The van der Waals surface area contributed by atoms with Crippen molar-refractivity contribution in [3.05, 3.63) is 94.0 Å². The summed E-state index contributed by atoms with van der Waals surface area (Å²) in [5.41, 5.74) is -0.112. The monoisotopic (exact) mass is 479 g/mol. The standard InChI is InChI=1S/C23H17N3O7S/c1-32-22-12-9-18(26(28)29)14-21(22)25-23(27)17(15-24)13-16-7-10-19(11-8-16)33-34(30,31)20-5-3-2-4-6-20/h2-14H,1H3,(H,25,27)/b17-13+. The van der Waals surface area contributed by atoms with E-state index in [1.165, 1.54) is 61.7 Å². The number of nitriles is 1. The number of nitro benzene ring substituents is 1. The van der Waals surface area contributed by atoms with Crippen LogP contribution in [-0.4, -0.2) is 26.4 Å². The van der Waals surface area contributed by atoms with Gasteiger partial charge in [0.25, 0.3) is 11.6 Å². The first-order valence-electron chi connectivity index (χ1n) is 9.58. The van der Waals surface area contributed by atoms with Crippen LogP contribution in [0.2, 0.25) is 0 Å². The number of nitrogens with zero attached hydrogens (tertiary/aromatic N) is 2. The average Bonchev–Trinajstić information content (AvgIpc) is 2.83. The number of methoxy groups -OCH3 is 1. The van der Waals surface area contributed by atoms with Gasteiger partial charge < -0.3 is 14.2 Å². The van der Waals surface area contributed by atoms with Crippen molar-refractivity contribution in [3.8, 4) is 17.6 Å². The lowest BCUT2D eigenvalue weighted by molar-refractivity contribution is -0.384. The molecule has 0 heterocycles. The molecule has 0 bridgehead atoms. The van der Waals surface area contributed by atoms with E-state index in [9.17, 15) is 28.6 Å². The van der Waals surface area contributed by atoms with Crippen LogP contribution in [0, 0.1) is 21.4 Å². The van der Waals surface area contributed by atoms with Gasteiger partial charge in [0.05, 0.1) is 17.7 Å². The molecule has 0 saturated carbocycles. The third-order valence-electron chi connectivity index (χ3n) is 4.44. The van der Waals surface area contributed by atoms with Crippen molar-refractivity contribution in [2.24, 2.45) is 0 Å². The Morgan fingerprint density at radius 1 is 1.09 bits per heavy atom. The summed E-state index contributed by atoms with van der Waals surface area (Å²) in [5, 5.41) is 22.8. The van der Waals surface area contributed by atoms with Crippen LogP contribution in [0.4, 0.5) is 11.4 Å². The number of rotatable bonds is 8. The Morgan fingerprint density at radius 3 is 2.35 bits per heavy atom. The van der Waals surface area contributed by atoms with Crippen LogP contribution in [0.5, 0.6) is 11.5 Å². The van der Waals surface area contributed by atoms with E-state index >= 15 is 0 Å². The molecule has 0 saturated heterocycles. The Hall–Kier alpha value is -4.69. The molecule has 3 aromatic carbocycles. The molecular weight excluding hydrogens is 462 g/mol. The summed E-state index contributed by atoms with van der Waals surface area (Å²) >= 11 is 0. The summed E-state index contributed by atoms with van der Waals surface area (Å²) < 4.78 is 34.8. The summed E-state index contributed by atoms with van der Waals surface area (Å²) in [6.07, 6.45) is 1.27. The molecule has 3 rings (SSSR count). The molecule has 1 N–H and O–H groups in total. The van der Waals surface area contributed by atoms with Crippen LogP contribution >= 0.6 is 0 Å². The Kier molecular flexibility index (Phi) is 7.25. The van der Waals surface area contributed by atoms with Crippen LogP contribution in [0.15, 0.2) is 83.3 Å². The predicted molar refractivity (Wildman–Crippen MR) is 123 cm³/mol. The second kappa shape index (κ2) is 10.3. The maximum absolute atomic E-state index is 12.6. The highest BCUT2D eigenvalue weighted by molar-refractivity contribution is 7.87. The smallest absolute Gasteiger partial charge is 0.339 e. The normalized spacial score (nSPS) is 11.2. The molecule has 10 nitrogen and oxygen atoms in total. The highest BCUT2D eigenvalue weighted by atomic mass is 32.2. The van der Waals surface area contributed by atoms with Crippen LogP contribution in [0.3, 0.4) is 0 Å². The Morgan fingerprint density at radius 2 is 1.76 bits per heavy atom. The average molecular weight is 479 g/mol. The minimum absolute atomic E-state index is 0.000938. The second-order valence-electron chi connectivity index (χ2n) is 6.69. The highest BCUT2D eigenvalue weighted by Gasteiger charge is 2.17. The van der Waals surface area contributed by atoms with Gasteiger partial charge in [0.1, 0.15) is 28.0 Å². The molecule has 1 amide bonds. The minimum atomic E-state index is -4.01. The fourth-order valence-corrected chi connectivity index (χ4v) is 3.74. The molecule has 0 fully saturated rings. The zero-order chi connectivity index (χ0) is 24.7. The summed E-state index contributed by atoms with van der Waals surface area (Å²) in [4.78, 5) is 23.0. The molecule has 0 spiro atoms. The van der Waals surface area contributed by atoms with Crippen molar-refractivity contribution in [1.29, 1.82) is 5.26 Å². The van der Waals surface area contributed by atoms with Gasteiger partial charge in [-0.1, -0.05) is 30.3 Å². The first-order chi connectivity index (χ1) is 16.2. The third-order valence-corrected chi connectivity index (χ3v) is 5.70. The van der Waals surface area contributed by atoms with Gasteiger partial charge in [0.15, 0.2) is 0 Å². The number of amides is 1. The number of nitrogens with one attached hydrogen (secondary N) is 1. The van der Waals surface area contributed by atoms with Gasteiger partial charge in [-0.3, -0.25) is 14.9 Å². The van der Waals surface area contributed by atoms with Crippen molar-refractivity contribution in [2.45, 2.75) is 4.90 Å². The molecule has 3 aromatic rings. The van der Waals surface area contributed by atoms with Crippen LogP contribution in [-0.2, 0) is 14.9 Å². The Labute approximate surface area is 194 Å². The number of carbonyl (C=O) groups is 1. The molecule has 0 aliphatic carbocycles. The molecule has 11 heteroatoms. The molecule has 0 radical (unpaired) electrons. The fourth-order valence-electron chi connectivity index (χ4n) is 2.79. The van der Waals surface area contributed by atoms with E-state index in [1.54, 1.807) is 24.3 Å². The van der Waals surface area contributed by atoms with Crippen molar-refractivity contribution >= 4 is 33.5 Å². The first kappa shape index (κ1) is 24.0. The van der Waals surface area contributed by atoms with E-state index in [4.69, 9.17) is 8.92 Å². The molecule has 172 valence electrons. The van der Waals surface area contributed by atoms with E-state index in [2.05, 4.69) is 5.32 Å². The molecule has 0 aliphatic rings. The number of anilines is 1. The van der Waals surface area contributed by atoms with Gasteiger partial charge in [-0.15, -0.1) is 0 Å². The van der Waals surface area contributed by atoms with Gasteiger partial charge in [-0.2, -0.15) is 13.7 Å². The van der Waals surface area contributed by atoms with Gasteiger partial charge >= 0.3 is 10.1 Å². The quantitative estimate of drug-likeness (QED) is 0.168. The number of hydrogen-bond acceptors (Lipinski definition) is 8. The zero-order valence-electron chi connectivity index (χ0n) is 17.7. The minimum Gasteiger partial charge on any atom is -0.495 e.